The van der Waals surface area contributed by atoms with Gasteiger partial charge in [0.1, 0.15) is 11.6 Å². The fourth-order valence-corrected chi connectivity index (χ4v) is 3.58. The maximum atomic E-state index is 14.3. The topological polar surface area (TPSA) is 73.0 Å². The molecule has 1 N–H and O–H groups in total. The number of furan rings is 1. The van der Waals surface area contributed by atoms with Crippen LogP contribution in [0.25, 0.3) is 11.4 Å². The summed E-state index contributed by atoms with van der Waals surface area (Å²) in [6, 6.07) is 12.7. The molecule has 158 valence electrons. The molecule has 0 aliphatic carbocycles. The highest BCUT2D eigenvalue weighted by molar-refractivity contribution is 7.99. The lowest BCUT2D eigenvalue weighted by molar-refractivity contribution is -0.113. The lowest BCUT2D eigenvalue weighted by Crippen LogP contribution is -2.15. The average molecular weight is 444 g/mol. The van der Waals surface area contributed by atoms with Gasteiger partial charge < -0.3 is 9.73 Å². The van der Waals surface area contributed by atoms with Crippen LogP contribution in [-0.4, -0.2) is 26.4 Å². The summed E-state index contributed by atoms with van der Waals surface area (Å²) < 4.78 is 47.7. The number of nitrogens with zero attached hydrogens (tertiary/aromatic N) is 3. The van der Waals surface area contributed by atoms with Gasteiger partial charge in [-0.3, -0.25) is 9.36 Å². The Morgan fingerprint density at radius 1 is 1.00 bits per heavy atom. The highest BCUT2D eigenvalue weighted by Gasteiger charge is 2.19. The van der Waals surface area contributed by atoms with Gasteiger partial charge in [0.2, 0.25) is 5.91 Å². The first-order chi connectivity index (χ1) is 15.0. The van der Waals surface area contributed by atoms with Crippen molar-refractivity contribution < 1.29 is 22.4 Å². The lowest BCUT2D eigenvalue weighted by atomic mass is 10.2. The van der Waals surface area contributed by atoms with E-state index in [-0.39, 0.29) is 29.4 Å². The highest BCUT2D eigenvalue weighted by Crippen LogP contribution is 2.27. The molecule has 0 saturated carbocycles. The Labute approximate surface area is 179 Å². The predicted molar refractivity (Wildman–Crippen MR) is 109 cm³/mol. The van der Waals surface area contributed by atoms with Crippen molar-refractivity contribution in [3.8, 4) is 11.4 Å². The highest BCUT2D eigenvalue weighted by atomic mass is 32.2. The number of halogens is 3. The molecular formula is C21H15F3N4O2S. The summed E-state index contributed by atoms with van der Waals surface area (Å²) in [6.45, 7) is 0.233. The zero-order valence-electron chi connectivity index (χ0n) is 15.9. The molecule has 31 heavy (non-hydrogen) atoms. The molecule has 0 radical (unpaired) electrons. The van der Waals surface area contributed by atoms with Crippen molar-refractivity contribution in [2.45, 2.75) is 11.7 Å². The molecule has 0 aliphatic heterocycles. The van der Waals surface area contributed by atoms with Gasteiger partial charge >= 0.3 is 0 Å². The molecule has 0 unspecified atom stereocenters. The van der Waals surface area contributed by atoms with Gasteiger partial charge in [0.05, 0.1) is 24.1 Å². The van der Waals surface area contributed by atoms with Crippen LogP contribution in [0.3, 0.4) is 0 Å². The predicted octanol–water partition coefficient (Wildman–Crippen LogP) is 4.73. The molecule has 0 spiro atoms. The summed E-state index contributed by atoms with van der Waals surface area (Å²) in [7, 11) is 0. The van der Waals surface area contributed by atoms with Gasteiger partial charge in [-0.1, -0.05) is 23.9 Å². The number of benzene rings is 2. The van der Waals surface area contributed by atoms with Crippen LogP contribution in [0.1, 0.15) is 5.76 Å². The van der Waals surface area contributed by atoms with E-state index in [1.165, 1.54) is 18.4 Å². The van der Waals surface area contributed by atoms with Gasteiger partial charge in [-0.25, -0.2) is 13.2 Å². The standard InChI is InChI=1S/C21H15F3N4O2S/c22-16-6-2-1-5-15(16)20-26-27-21(28(20)11-14-4-3-9-30-14)31-12-19(29)25-13-7-8-17(23)18(24)10-13/h1-10H,11-12H2,(H,25,29). The van der Waals surface area contributed by atoms with Gasteiger partial charge in [-0.15, -0.1) is 10.2 Å². The van der Waals surface area contributed by atoms with E-state index in [2.05, 4.69) is 15.5 Å². The number of carbonyl (C=O) groups is 1. The third-order valence-electron chi connectivity index (χ3n) is 4.26. The van der Waals surface area contributed by atoms with E-state index < -0.39 is 23.4 Å². The number of anilines is 1. The number of rotatable bonds is 7. The molecule has 4 rings (SSSR count). The van der Waals surface area contributed by atoms with E-state index in [9.17, 15) is 18.0 Å². The Bertz CT molecular complexity index is 1210. The van der Waals surface area contributed by atoms with Crippen LogP contribution >= 0.6 is 11.8 Å². The van der Waals surface area contributed by atoms with Crippen LogP contribution in [0.15, 0.2) is 70.4 Å². The summed E-state index contributed by atoms with van der Waals surface area (Å²) >= 11 is 1.07. The third kappa shape index (κ3) is 4.80. The molecular weight excluding hydrogens is 429 g/mol. The fraction of sp³-hybridized carbons (Fsp3) is 0.0952. The Kier molecular flexibility index (Phi) is 6.08. The lowest BCUT2D eigenvalue weighted by Gasteiger charge is -2.10. The molecule has 0 saturated heterocycles. The number of nitrogens with one attached hydrogen (secondary N) is 1. The van der Waals surface area contributed by atoms with Crippen molar-refractivity contribution in [1.29, 1.82) is 0 Å². The van der Waals surface area contributed by atoms with E-state index in [1.807, 2.05) is 0 Å². The maximum absolute atomic E-state index is 14.3. The number of hydrogen-bond donors (Lipinski definition) is 1. The van der Waals surface area contributed by atoms with E-state index in [1.54, 1.807) is 34.9 Å². The molecule has 1 amide bonds. The number of hydrogen-bond acceptors (Lipinski definition) is 5. The number of amides is 1. The summed E-state index contributed by atoms with van der Waals surface area (Å²) in [5.74, 6) is -2.15. The zero-order valence-corrected chi connectivity index (χ0v) is 16.7. The quantitative estimate of drug-likeness (QED) is 0.417. The molecule has 0 atom stereocenters. The smallest absolute Gasteiger partial charge is 0.234 e. The van der Waals surface area contributed by atoms with Crippen molar-refractivity contribution >= 4 is 23.4 Å². The van der Waals surface area contributed by atoms with Crippen molar-refractivity contribution in [3.63, 3.8) is 0 Å². The maximum Gasteiger partial charge on any atom is 0.234 e. The van der Waals surface area contributed by atoms with Crippen molar-refractivity contribution in [3.05, 3.63) is 84.1 Å². The van der Waals surface area contributed by atoms with Crippen LogP contribution in [0, 0.1) is 17.5 Å². The largest absolute Gasteiger partial charge is 0.467 e. The average Bonchev–Trinajstić information content (AvgIpc) is 3.40. The molecule has 0 fully saturated rings. The molecule has 6 nitrogen and oxygen atoms in total. The first-order valence-electron chi connectivity index (χ1n) is 9.09. The number of thioether (sulfide) groups is 1. The minimum atomic E-state index is -1.06. The van der Waals surface area contributed by atoms with Gasteiger partial charge in [-0.2, -0.15) is 0 Å². The van der Waals surface area contributed by atoms with Crippen LogP contribution in [-0.2, 0) is 11.3 Å². The molecule has 4 aromatic rings. The zero-order chi connectivity index (χ0) is 21.8. The summed E-state index contributed by atoms with van der Waals surface area (Å²) in [5, 5.41) is 11.1. The molecule has 2 heterocycles. The Morgan fingerprint density at radius 2 is 1.84 bits per heavy atom. The van der Waals surface area contributed by atoms with Crippen molar-refractivity contribution in [2.24, 2.45) is 0 Å². The molecule has 0 aliphatic rings. The molecule has 0 bridgehead atoms. The second kappa shape index (κ2) is 9.09. The number of carbonyl (C=O) groups excluding carboxylic acids is 1. The molecule has 10 heteroatoms. The monoisotopic (exact) mass is 444 g/mol. The third-order valence-corrected chi connectivity index (χ3v) is 5.23. The van der Waals surface area contributed by atoms with E-state index >= 15 is 0 Å². The first-order valence-corrected chi connectivity index (χ1v) is 10.1. The minimum absolute atomic E-state index is 0.0768. The Hall–Kier alpha value is -3.53. The van der Waals surface area contributed by atoms with Crippen molar-refractivity contribution in [2.75, 3.05) is 11.1 Å². The summed E-state index contributed by atoms with van der Waals surface area (Å²) in [6.07, 6.45) is 1.52. The minimum Gasteiger partial charge on any atom is -0.467 e. The van der Waals surface area contributed by atoms with Crippen LogP contribution in [0.5, 0.6) is 0 Å². The van der Waals surface area contributed by atoms with E-state index in [0.29, 0.717) is 10.9 Å². The number of aromatic nitrogens is 3. The Morgan fingerprint density at radius 3 is 2.58 bits per heavy atom. The van der Waals surface area contributed by atoms with Crippen molar-refractivity contribution in [1.82, 2.24) is 14.8 Å². The van der Waals surface area contributed by atoms with Crippen LogP contribution in [0.2, 0.25) is 0 Å². The SMILES string of the molecule is O=C(CSc1nnc(-c2ccccc2F)n1Cc1ccco1)Nc1ccc(F)c(F)c1. The normalized spacial score (nSPS) is 10.9. The fourth-order valence-electron chi connectivity index (χ4n) is 2.84. The van der Waals surface area contributed by atoms with E-state index in [0.717, 1.165) is 23.9 Å². The summed E-state index contributed by atoms with van der Waals surface area (Å²) in [5.41, 5.74) is 0.397. The first kappa shape index (κ1) is 20.7. The van der Waals surface area contributed by atoms with Crippen LogP contribution < -0.4 is 5.32 Å². The van der Waals surface area contributed by atoms with Gasteiger partial charge in [0.15, 0.2) is 22.6 Å². The van der Waals surface area contributed by atoms with Gasteiger partial charge in [-0.05, 0) is 36.4 Å². The second-order valence-electron chi connectivity index (χ2n) is 6.42. The van der Waals surface area contributed by atoms with Gasteiger partial charge in [0, 0.05) is 11.8 Å². The second-order valence-corrected chi connectivity index (χ2v) is 7.36. The molecule has 2 aromatic heterocycles. The van der Waals surface area contributed by atoms with Gasteiger partial charge in [0.25, 0.3) is 0 Å². The molecule has 2 aromatic carbocycles. The van der Waals surface area contributed by atoms with E-state index in [4.69, 9.17) is 4.42 Å². The summed E-state index contributed by atoms with van der Waals surface area (Å²) in [4.78, 5) is 12.3. The Balaban J connectivity index is 1.54. The van der Waals surface area contributed by atoms with Crippen LogP contribution in [0.4, 0.5) is 18.9 Å².